The molecule has 2 saturated heterocycles. The van der Waals surface area contributed by atoms with E-state index in [-0.39, 0.29) is 24.3 Å². The second kappa shape index (κ2) is 6.45. The molecule has 2 heterocycles. The van der Waals surface area contributed by atoms with Crippen molar-refractivity contribution in [2.24, 2.45) is 0 Å². The summed E-state index contributed by atoms with van der Waals surface area (Å²) in [5, 5.41) is 5.67. The fourth-order valence-corrected chi connectivity index (χ4v) is 3.02. The van der Waals surface area contributed by atoms with Crippen molar-refractivity contribution in [3.8, 4) is 0 Å². The van der Waals surface area contributed by atoms with Gasteiger partial charge in [-0.15, -0.1) is 0 Å². The van der Waals surface area contributed by atoms with Gasteiger partial charge in [-0.2, -0.15) is 0 Å². The number of rotatable bonds is 2. The molecule has 2 aliphatic heterocycles. The Kier molecular flexibility index (Phi) is 4.38. The highest BCUT2D eigenvalue weighted by molar-refractivity contribution is 5.95. The lowest BCUT2D eigenvalue weighted by molar-refractivity contribution is -0.0530. The topological polar surface area (TPSA) is 73.9 Å². The van der Waals surface area contributed by atoms with E-state index in [0.717, 1.165) is 5.69 Å². The molecule has 23 heavy (non-hydrogen) atoms. The largest absolute Gasteiger partial charge is 0.372 e. The van der Waals surface area contributed by atoms with E-state index >= 15 is 0 Å². The van der Waals surface area contributed by atoms with E-state index in [4.69, 9.17) is 4.74 Å². The zero-order chi connectivity index (χ0) is 16.4. The number of nitrogens with zero attached hydrogens (tertiary/aromatic N) is 2. The first-order chi connectivity index (χ1) is 11.0. The molecule has 0 aliphatic carbocycles. The van der Waals surface area contributed by atoms with Gasteiger partial charge >= 0.3 is 12.1 Å². The predicted octanol–water partition coefficient (Wildman–Crippen LogP) is 1.86. The molecule has 0 unspecified atom stereocenters. The van der Waals surface area contributed by atoms with Crippen molar-refractivity contribution < 1.29 is 14.3 Å². The van der Waals surface area contributed by atoms with E-state index in [1.807, 2.05) is 38.1 Å². The molecule has 0 bridgehead atoms. The molecule has 7 heteroatoms. The van der Waals surface area contributed by atoms with Crippen molar-refractivity contribution in [3.63, 3.8) is 0 Å². The lowest BCUT2D eigenvalue weighted by atomic mass is 10.2. The molecule has 124 valence electrons. The predicted molar refractivity (Wildman–Crippen MR) is 87.8 cm³/mol. The average molecular weight is 318 g/mol. The zero-order valence-electron chi connectivity index (χ0n) is 13.4. The fraction of sp³-hybridized carbons (Fsp3) is 0.500. The molecule has 2 atom stereocenters. The molecule has 2 N–H and O–H groups in total. The van der Waals surface area contributed by atoms with E-state index in [1.165, 1.54) is 0 Å². The third-order valence-electron chi connectivity index (χ3n) is 3.97. The fourth-order valence-electron chi connectivity index (χ4n) is 3.02. The van der Waals surface area contributed by atoms with Gasteiger partial charge in [0.1, 0.15) is 0 Å². The molecular formula is C16H22N4O3. The third kappa shape index (κ3) is 3.56. The molecule has 0 saturated carbocycles. The maximum absolute atomic E-state index is 12.4. The van der Waals surface area contributed by atoms with E-state index in [0.29, 0.717) is 31.9 Å². The quantitative estimate of drug-likeness (QED) is 0.874. The Morgan fingerprint density at radius 2 is 2.04 bits per heavy atom. The Balaban J connectivity index is 1.68. The Labute approximate surface area is 135 Å². The van der Waals surface area contributed by atoms with Gasteiger partial charge in [-0.1, -0.05) is 6.07 Å². The lowest BCUT2D eigenvalue weighted by Crippen LogP contribution is -2.49. The molecule has 1 aromatic carbocycles. The number of amides is 4. The summed E-state index contributed by atoms with van der Waals surface area (Å²) in [5.41, 5.74) is 1.46. The van der Waals surface area contributed by atoms with Crippen LogP contribution in [0.5, 0.6) is 0 Å². The Morgan fingerprint density at radius 3 is 2.70 bits per heavy atom. The Hall–Kier alpha value is -2.28. The van der Waals surface area contributed by atoms with Crippen LogP contribution in [-0.2, 0) is 4.74 Å². The van der Waals surface area contributed by atoms with Crippen molar-refractivity contribution in [1.82, 2.24) is 10.2 Å². The van der Waals surface area contributed by atoms with E-state index in [9.17, 15) is 9.59 Å². The number of ether oxygens (including phenoxy) is 1. The molecule has 0 spiro atoms. The first kappa shape index (κ1) is 15.6. The number of morpholine rings is 1. The summed E-state index contributed by atoms with van der Waals surface area (Å²) in [6.45, 7) is 6.34. The van der Waals surface area contributed by atoms with Crippen LogP contribution in [0, 0.1) is 0 Å². The van der Waals surface area contributed by atoms with Crippen LogP contribution in [-0.4, -0.2) is 55.3 Å². The standard InChI is InChI=1S/C16H22N4O3/c1-11-9-19(10-12(2)23-11)16(22)18-13-4-3-5-14(8-13)20-7-6-17-15(20)21/h3-5,8,11-12H,6-7,9-10H2,1-2H3,(H,17,21)(H,18,22)/t11-,12+. The molecule has 0 radical (unpaired) electrons. The molecule has 4 amide bonds. The number of anilines is 2. The second-order valence-corrected chi connectivity index (χ2v) is 6.03. The lowest BCUT2D eigenvalue weighted by Gasteiger charge is -2.35. The minimum atomic E-state index is -0.143. The van der Waals surface area contributed by atoms with E-state index in [2.05, 4.69) is 10.6 Å². The minimum Gasteiger partial charge on any atom is -0.372 e. The first-order valence-corrected chi connectivity index (χ1v) is 7.90. The highest BCUT2D eigenvalue weighted by Crippen LogP contribution is 2.21. The summed E-state index contributed by atoms with van der Waals surface area (Å²) < 4.78 is 5.64. The summed E-state index contributed by atoms with van der Waals surface area (Å²) in [5.74, 6) is 0. The summed E-state index contributed by atoms with van der Waals surface area (Å²) in [6, 6.07) is 7.08. The monoisotopic (exact) mass is 318 g/mol. The molecule has 0 aromatic heterocycles. The second-order valence-electron chi connectivity index (χ2n) is 6.03. The SMILES string of the molecule is C[C@@H]1CN(C(=O)Nc2cccc(N3CCNC3=O)c2)C[C@H](C)O1. The van der Waals surface area contributed by atoms with Crippen molar-refractivity contribution in [1.29, 1.82) is 0 Å². The zero-order valence-corrected chi connectivity index (χ0v) is 13.4. The minimum absolute atomic E-state index is 0.0316. The summed E-state index contributed by atoms with van der Waals surface area (Å²) >= 11 is 0. The highest BCUT2D eigenvalue weighted by atomic mass is 16.5. The van der Waals surface area contributed by atoms with Crippen LogP contribution in [0.4, 0.5) is 21.0 Å². The maximum atomic E-state index is 12.4. The molecule has 2 aliphatic rings. The molecule has 3 rings (SSSR count). The van der Waals surface area contributed by atoms with E-state index < -0.39 is 0 Å². The van der Waals surface area contributed by atoms with Gasteiger partial charge in [0.05, 0.1) is 12.2 Å². The molecular weight excluding hydrogens is 296 g/mol. The van der Waals surface area contributed by atoms with Gasteiger partial charge in [-0.3, -0.25) is 4.90 Å². The first-order valence-electron chi connectivity index (χ1n) is 7.90. The van der Waals surface area contributed by atoms with Crippen LogP contribution in [0.3, 0.4) is 0 Å². The summed E-state index contributed by atoms with van der Waals surface area (Å²) in [4.78, 5) is 27.6. The van der Waals surface area contributed by atoms with Crippen LogP contribution in [0.2, 0.25) is 0 Å². The number of carbonyl (C=O) groups excluding carboxylic acids is 2. The van der Waals surface area contributed by atoms with Crippen molar-refractivity contribution in [3.05, 3.63) is 24.3 Å². The summed E-state index contributed by atoms with van der Waals surface area (Å²) in [7, 11) is 0. The van der Waals surface area contributed by atoms with Crippen LogP contribution in [0.25, 0.3) is 0 Å². The van der Waals surface area contributed by atoms with Gasteiger partial charge in [0.15, 0.2) is 0 Å². The number of urea groups is 2. The number of carbonyl (C=O) groups is 2. The maximum Gasteiger partial charge on any atom is 0.322 e. The van der Waals surface area contributed by atoms with Crippen LogP contribution in [0.15, 0.2) is 24.3 Å². The van der Waals surface area contributed by atoms with Gasteiger partial charge in [0.2, 0.25) is 0 Å². The number of hydrogen-bond acceptors (Lipinski definition) is 3. The van der Waals surface area contributed by atoms with Gasteiger partial charge in [0.25, 0.3) is 0 Å². The van der Waals surface area contributed by atoms with Crippen LogP contribution >= 0.6 is 0 Å². The van der Waals surface area contributed by atoms with Crippen molar-refractivity contribution in [2.45, 2.75) is 26.1 Å². The van der Waals surface area contributed by atoms with Crippen molar-refractivity contribution >= 4 is 23.4 Å². The summed E-state index contributed by atoms with van der Waals surface area (Å²) in [6.07, 6.45) is 0.0632. The number of benzene rings is 1. The Bertz CT molecular complexity index is 597. The normalized spacial score (nSPS) is 24.5. The van der Waals surface area contributed by atoms with Crippen molar-refractivity contribution in [2.75, 3.05) is 36.4 Å². The highest BCUT2D eigenvalue weighted by Gasteiger charge is 2.26. The smallest absolute Gasteiger partial charge is 0.322 e. The van der Waals surface area contributed by atoms with Gasteiger partial charge < -0.3 is 20.3 Å². The van der Waals surface area contributed by atoms with Gasteiger partial charge in [-0.25, -0.2) is 9.59 Å². The number of hydrogen-bond donors (Lipinski definition) is 2. The number of nitrogens with one attached hydrogen (secondary N) is 2. The third-order valence-corrected chi connectivity index (χ3v) is 3.97. The Morgan fingerprint density at radius 1 is 1.30 bits per heavy atom. The van der Waals surface area contributed by atoms with E-state index in [1.54, 1.807) is 9.80 Å². The van der Waals surface area contributed by atoms with Gasteiger partial charge in [-0.05, 0) is 32.0 Å². The molecule has 1 aromatic rings. The van der Waals surface area contributed by atoms with Crippen LogP contribution < -0.4 is 15.5 Å². The molecule has 7 nitrogen and oxygen atoms in total. The van der Waals surface area contributed by atoms with Gasteiger partial charge in [0, 0.05) is 37.6 Å². The average Bonchev–Trinajstić information content (AvgIpc) is 2.92. The van der Waals surface area contributed by atoms with Crippen LogP contribution in [0.1, 0.15) is 13.8 Å². The molecule has 2 fully saturated rings.